The zero-order valence-corrected chi connectivity index (χ0v) is 13.8. The number of amides is 1. The van der Waals surface area contributed by atoms with Gasteiger partial charge in [-0.1, -0.05) is 6.42 Å². The quantitative estimate of drug-likeness (QED) is 0.608. The zero-order valence-electron chi connectivity index (χ0n) is 13.0. The van der Waals surface area contributed by atoms with Crippen LogP contribution in [0.1, 0.15) is 31.2 Å². The Balaban J connectivity index is 0.00000264. The fourth-order valence-corrected chi connectivity index (χ4v) is 2.84. The normalized spacial score (nSPS) is 19.7. The Morgan fingerprint density at radius 2 is 2.22 bits per heavy atom. The average Bonchev–Trinajstić information content (AvgIpc) is 2.90. The summed E-state index contributed by atoms with van der Waals surface area (Å²) in [5.41, 5.74) is 6.52. The van der Waals surface area contributed by atoms with Crippen LogP contribution < -0.4 is 15.8 Å². The summed E-state index contributed by atoms with van der Waals surface area (Å²) in [6.45, 7) is 0.200. The van der Waals surface area contributed by atoms with Gasteiger partial charge in [-0.25, -0.2) is 0 Å². The first-order valence-electron chi connectivity index (χ1n) is 7.35. The van der Waals surface area contributed by atoms with Crippen molar-refractivity contribution in [2.24, 2.45) is 11.7 Å². The second-order valence-corrected chi connectivity index (χ2v) is 5.59. The summed E-state index contributed by atoms with van der Waals surface area (Å²) in [5, 5.41) is 13.6. The van der Waals surface area contributed by atoms with Gasteiger partial charge in [0, 0.05) is 36.7 Å². The van der Waals surface area contributed by atoms with Crippen molar-refractivity contribution in [3.8, 4) is 5.75 Å². The topological polar surface area (TPSA) is 107 Å². The Kier molecular flexibility index (Phi) is 7.25. The molecule has 0 radical (unpaired) electrons. The monoisotopic (exact) mass is 343 g/mol. The van der Waals surface area contributed by atoms with Gasteiger partial charge in [-0.05, 0) is 24.8 Å². The third-order valence-corrected chi connectivity index (χ3v) is 4.12. The van der Waals surface area contributed by atoms with E-state index in [1.54, 1.807) is 0 Å². The van der Waals surface area contributed by atoms with E-state index in [9.17, 15) is 14.9 Å². The van der Waals surface area contributed by atoms with Crippen molar-refractivity contribution in [3.63, 3.8) is 0 Å². The van der Waals surface area contributed by atoms with Crippen LogP contribution in [-0.2, 0) is 11.3 Å². The minimum Gasteiger partial charge on any atom is -0.496 e. The van der Waals surface area contributed by atoms with Crippen LogP contribution in [0.5, 0.6) is 5.75 Å². The fourth-order valence-electron chi connectivity index (χ4n) is 2.84. The third kappa shape index (κ3) is 5.07. The highest BCUT2D eigenvalue weighted by Gasteiger charge is 2.26. The number of ether oxygens (including phenoxy) is 1. The van der Waals surface area contributed by atoms with Gasteiger partial charge in [0.1, 0.15) is 5.75 Å². The van der Waals surface area contributed by atoms with Gasteiger partial charge in [0.05, 0.1) is 12.0 Å². The Morgan fingerprint density at radius 3 is 2.78 bits per heavy atom. The number of nitro benzene ring substituents is 1. The van der Waals surface area contributed by atoms with Crippen LogP contribution in [0.4, 0.5) is 5.69 Å². The predicted octanol–water partition coefficient (Wildman–Crippen LogP) is 2.16. The molecule has 1 aromatic carbocycles. The van der Waals surface area contributed by atoms with Gasteiger partial charge < -0.3 is 15.8 Å². The number of nitro groups is 1. The van der Waals surface area contributed by atoms with Crippen LogP contribution >= 0.6 is 12.4 Å². The van der Waals surface area contributed by atoms with Crippen LogP contribution in [0.2, 0.25) is 0 Å². The van der Waals surface area contributed by atoms with E-state index in [1.807, 2.05) is 0 Å². The number of carbonyl (C=O) groups is 1. The summed E-state index contributed by atoms with van der Waals surface area (Å²) in [6.07, 6.45) is 3.42. The number of hydrogen-bond donors (Lipinski definition) is 2. The van der Waals surface area contributed by atoms with Crippen molar-refractivity contribution in [2.45, 2.75) is 38.3 Å². The Hall–Kier alpha value is -1.86. The van der Waals surface area contributed by atoms with E-state index in [0.717, 1.165) is 19.3 Å². The lowest BCUT2D eigenvalue weighted by atomic mass is 10.00. The van der Waals surface area contributed by atoms with Crippen molar-refractivity contribution < 1.29 is 14.5 Å². The van der Waals surface area contributed by atoms with Gasteiger partial charge in [-0.15, -0.1) is 12.4 Å². The predicted molar refractivity (Wildman–Crippen MR) is 88.7 cm³/mol. The van der Waals surface area contributed by atoms with E-state index in [1.165, 1.54) is 25.3 Å². The number of non-ortho nitro benzene ring substituents is 1. The lowest BCUT2D eigenvalue weighted by Crippen LogP contribution is -2.31. The highest BCUT2D eigenvalue weighted by Crippen LogP contribution is 2.27. The van der Waals surface area contributed by atoms with Crippen molar-refractivity contribution in [1.82, 2.24) is 5.32 Å². The Labute approximate surface area is 141 Å². The number of hydrogen-bond acceptors (Lipinski definition) is 5. The molecule has 1 aromatic rings. The second-order valence-electron chi connectivity index (χ2n) is 5.59. The molecular formula is C15H22ClN3O4. The lowest BCUT2D eigenvalue weighted by molar-refractivity contribution is -0.384. The van der Waals surface area contributed by atoms with E-state index >= 15 is 0 Å². The summed E-state index contributed by atoms with van der Waals surface area (Å²) < 4.78 is 5.17. The maximum Gasteiger partial charge on any atom is 0.270 e. The summed E-state index contributed by atoms with van der Waals surface area (Å²) in [7, 11) is 1.49. The molecular weight excluding hydrogens is 322 g/mol. The molecule has 1 aliphatic carbocycles. The molecule has 1 aliphatic rings. The second kappa shape index (κ2) is 8.69. The summed E-state index contributed by atoms with van der Waals surface area (Å²) >= 11 is 0. The molecule has 3 N–H and O–H groups in total. The van der Waals surface area contributed by atoms with Crippen LogP contribution in [0.3, 0.4) is 0 Å². The van der Waals surface area contributed by atoms with Crippen molar-refractivity contribution in [3.05, 3.63) is 33.9 Å². The van der Waals surface area contributed by atoms with Crippen molar-refractivity contribution in [1.29, 1.82) is 0 Å². The maximum atomic E-state index is 12.0. The van der Waals surface area contributed by atoms with E-state index in [2.05, 4.69) is 5.32 Å². The number of nitrogens with two attached hydrogens (primary N) is 1. The number of halogens is 1. The first kappa shape index (κ1) is 19.2. The number of nitrogens with one attached hydrogen (secondary N) is 1. The minimum atomic E-state index is -0.470. The Morgan fingerprint density at radius 1 is 1.48 bits per heavy atom. The highest BCUT2D eigenvalue weighted by atomic mass is 35.5. The third-order valence-electron chi connectivity index (χ3n) is 4.12. The molecule has 7 nitrogen and oxygen atoms in total. The van der Waals surface area contributed by atoms with Crippen LogP contribution in [0.15, 0.2) is 18.2 Å². The smallest absolute Gasteiger partial charge is 0.270 e. The fraction of sp³-hybridized carbons (Fsp3) is 0.533. The molecule has 1 saturated carbocycles. The van der Waals surface area contributed by atoms with E-state index in [4.69, 9.17) is 10.5 Å². The molecule has 8 heteroatoms. The molecule has 2 atom stereocenters. The van der Waals surface area contributed by atoms with Crippen molar-refractivity contribution in [2.75, 3.05) is 7.11 Å². The molecule has 0 bridgehead atoms. The van der Waals surface area contributed by atoms with E-state index in [0.29, 0.717) is 17.7 Å². The molecule has 1 amide bonds. The zero-order chi connectivity index (χ0) is 16.1. The van der Waals surface area contributed by atoms with Crippen LogP contribution in [-0.4, -0.2) is 24.0 Å². The molecule has 128 valence electrons. The Bertz CT molecular complexity index is 568. The number of carbonyl (C=O) groups excluding carboxylic acids is 1. The van der Waals surface area contributed by atoms with Gasteiger partial charge in [0.2, 0.25) is 5.91 Å². The molecule has 0 spiro atoms. The molecule has 0 heterocycles. The van der Waals surface area contributed by atoms with E-state index in [-0.39, 0.29) is 42.5 Å². The first-order chi connectivity index (χ1) is 10.5. The van der Waals surface area contributed by atoms with Gasteiger partial charge >= 0.3 is 0 Å². The minimum absolute atomic E-state index is 0. The highest BCUT2D eigenvalue weighted by molar-refractivity contribution is 5.85. The summed E-state index contributed by atoms with van der Waals surface area (Å²) in [4.78, 5) is 22.3. The average molecular weight is 344 g/mol. The molecule has 23 heavy (non-hydrogen) atoms. The number of nitrogens with zero attached hydrogens (tertiary/aromatic N) is 1. The molecule has 2 rings (SSSR count). The van der Waals surface area contributed by atoms with Crippen molar-refractivity contribution >= 4 is 24.0 Å². The molecule has 0 unspecified atom stereocenters. The summed E-state index contributed by atoms with van der Waals surface area (Å²) in [5.74, 6) is 0.659. The van der Waals surface area contributed by atoms with Gasteiger partial charge in [-0.2, -0.15) is 0 Å². The largest absolute Gasteiger partial charge is 0.496 e. The first-order valence-corrected chi connectivity index (χ1v) is 7.35. The molecule has 0 aliphatic heterocycles. The number of benzene rings is 1. The van der Waals surface area contributed by atoms with Crippen LogP contribution in [0, 0.1) is 16.0 Å². The number of rotatable bonds is 6. The lowest BCUT2D eigenvalue weighted by Gasteiger charge is -2.15. The molecule has 0 saturated heterocycles. The molecule has 1 fully saturated rings. The van der Waals surface area contributed by atoms with Gasteiger partial charge in [0.25, 0.3) is 5.69 Å². The van der Waals surface area contributed by atoms with Gasteiger partial charge in [0.15, 0.2) is 0 Å². The van der Waals surface area contributed by atoms with E-state index < -0.39 is 4.92 Å². The summed E-state index contributed by atoms with van der Waals surface area (Å²) in [6, 6.07) is 4.42. The maximum absolute atomic E-state index is 12.0. The van der Waals surface area contributed by atoms with Gasteiger partial charge in [-0.3, -0.25) is 14.9 Å². The standard InChI is InChI=1S/C15H21N3O4.ClH/c1-22-14-6-5-12(18(20)21)7-11(14)9-17-15(19)8-10-3-2-4-13(10)16;/h5-7,10,13H,2-4,8-9,16H2,1H3,(H,17,19);1H/t10-,13+;/m0./s1. The van der Waals surface area contributed by atoms with Crippen LogP contribution in [0.25, 0.3) is 0 Å². The SMILES string of the molecule is COc1ccc([N+](=O)[O-])cc1CNC(=O)C[C@@H]1CCC[C@H]1N.Cl. The number of methoxy groups -OCH3 is 1. The molecule has 0 aromatic heterocycles.